The summed E-state index contributed by atoms with van der Waals surface area (Å²) in [7, 11) is 0. The highest BCUT2D eigenvalue weighted by molar-refractivity contribution is 9.10. The Morgan fingerprint density at radius 3 is 3.07 bits per heavy atom. The molecule has 0 aromatic carbocycles. The highest BCUT2D eigenvalue weighted by Crippen LogP contribution is 2.25. The number of nitrogens with zero attached hydrogens (tertiary/aromatic N) is 2. The van der Waals surface area contributed by atoms with Crippen LogP contribution in [0, 0.1) is 0 Å². The smallest absolute Gasteiger partial charge is 0.223 e. The van der Waals surface area contributed by atoms with Crippen LogP contribution in [0.5, 0.6) is 0 Å². The molecule has 0 radical (unpaired) electrons. The molecule has 6 heteroatoms. The molecular weight excluding hydrogens is 278 g/mol. The molecule has 0 bridgehead atoms. The van der Waals surface area contributed by atoms with Crippen molar-refractivity contribution in [1.29, 1.82) is 0 Å². The molecule has 0 saturated heterocycles. The molecule has 1 aromatic rings. The van der Waals surface area contributed by atoms with Crippen molar-refractivity contribution in [3.63, 3.8) is 0 Å². The van der Waals surface area contributed by atoms with Crippen molar-refractivity contribution in [2.24, 2.45) is 0 Å². The molecule has 0 amide bonds. The Balaban J connectivity index is 2.66. The van der Waals surface area contributed by atoms with Crippen LogP contribution in [0.4, 0.5) is 5.95 Å². The number of anilines is 1. The van der Waals surface area contributed by atoms with Crippen LogP contribution < -0.4 is 5.32 Å². The Bertz CT molecular complexity index is 311. The second-order valence-electron chi connectivity index (χ2n) is 2.85. The van der Waals surface area contributed by atoms with E-state index in [-0.39, 0.29) is 6.61 Å². The number of aliphatic hydroxyl groups is 1. The fraction of sp³-hybridized carbons (Fsp3) is 0.556. The van der Waals surface area contributed by atoms with Gasteiger partial charge in [-0.05, 0) is 22.4 Å². The van der Waals surface area contributed by atoms with E-state index in [0.717, 1.165) is 22.5 Å². The fourth-order valence-electron chi connectivity index (χ4n) is 0.917. The molecule has 0 spiro atoms. The van der Waals surface area contributed by atoms with Crippen molar-refractivity contribution in [3.8, 4) is 0 Å². The van der Waals surface area contributed by atoms with Crippen LogP contribution in [0.3, 0.4) is 0 Å². The van der Waals surface area contributed by atoms with Gasteiger partial charge in [0.15, 0.2) is 0 Å². The number of halogens is 1. The monoisotopic (exact) mass is 291 g/mol. The van der Waals surface area contributed by atoms with Crippen LogP contribution in [0.1, 0.15) is 13.3 Å². The molecule has 84 valence electrons. The fourth-order valence-corrected chi connectivity index (χ4v) is 2.08. The second kappa shape index (κ2) is 7.03. The van der Waals surface area contributed by atoms with Crippen molar-refractivity contribution in [3.05, 3.63) is 10.7 Å². The van der Waals surface area contributed by atoms with Crippen LogP contribution in [-0.4, -0.2) is 34.0 Å². The van der Waals surface area contributed by atoms with Crippen molar-refractivity contribution in [2.45, 2.75) is 18.4 Å². The zero-order valence-electron chi connectivity index (χ0n) is 8.53. The Hall–Kier alpha value is -0.330. The van der Waals surface area contributed by atoms with Crippen molar-refractivity contribution < 1.29 is 5.11 Å². The largest absolute Gasteiger partial charge is 0.396 e. The van der Waals surface area contributed by atoms with Gasteiger partial charge in [0.05, 0.1) is 11.1 Å². The van der Waals surface area contributed by atoms with Gasteiger partial charge in [0.25, 0.3) is 0 Å². The first-order chi connectivity index (χ1) is 7.27. The summed E-state index contributed by atoms with van der Waals surface area (Å²) < 4.78 is 0.864. The van der Waals surface area contributed by atoms with Crippen LogP contribution >= 0.6 is 27.7 Å². The molecule has 15 heavy (non-hydrogen) atoms. The lowest BCUT2D eigenvalue weighted by atomic mass is 10.5. The normalized spacial score (nSPS) is 10.3. The van der Waals surface area contributed by atoms with E-state index >= 15 is 0 Å². The summed E-state index contributed by atoms with van der Waals surface area (Å²) in [6.07, 6.45) is 2.77. The van der Waals surface area contributed by atoms with Crippen LogP contribution in [0.2, 0.25) is 0 Å². The third-order valence-electron chi connectivity index (χ3n) is 1.58. The zero-order valence-corrected chi connectivity index (χ0v) is 10.9. The molecule has 0 atom stereocenters. The van der Waals surface area contributed by atoms with Gasteiger partial charge in [0, 0.05) is 18.5 Å². The predicted octanol–water partition coefficient (Wildman–Crippen LogP) is 2.15. The maximum atomic E-state index is 8.73. The lowest BCUT2D eigenvalue weighted by Crippen LogP contribution is -2.04. The third kappa shape index (κ3) is 4.36. The van der Waals surface area contributed by atoms with E-state index in [0.29, 0.717) is 11.7 Å². The molecule has 0 saturated carbocycles. The number of hydrogen-bond donors (Lipinski definition) is 2. The second-order valence-corrected chi connectivity index (χ2v) is 4.78. The molecule has 0 fully saturated rings. The number of rotatable bonds is 6. The van der Waals surface area contributed by atoms with E-state index in [1.54, 1.807) is 6.20 Å². The first-order valence-corrected chi connectivity index (χ1v) is 6.55. The number of thioether (sulfide) groups is 1. The standard InChI is InChI=1S/C9H14BrN3OS/c1-2-3-11-9-12-6-7(10)8(13-9)15-5-4-14/h6,14H,2-5H2,1H3,(H,11,12,13). The Morgan fingerprint density at radius 1 is 1.60 bits per heavy atom. The summed E-state index contributed by atoms with van der Waals surface area (Å²) in [4.78, 5) is 8.47. The molecule has 0 unspecified atom stereocenters. The van der Waals surface area contributed by atoms with Gasteiger partial charge in [-0.3, -0.25) is 0 Å². The summed E-state index contributed by atoms with van der Waals surface area (Å²) in [6, 6.07) is 0. The summed E-state index contributed by atoms with van der Waals surface area (Å²) >= 11 is 4.88. The average molecular weight is 292 g/mol. The van der Waals surface area contributed by atoms with Crippen LogP contribution in [-0.2, 0) is 0 Å². The molecule has 1 aromatic heterocycles. The maximum absolute atomic E-state index is 8.73. The van der Waals surface area contributed by atoms with Gasteiger partial charge in [0.2, 0.25) is 5.95 Å². The molecule has 0 aliphatic carbocycles. The van der Waals surface area contributed by atoms with E-state index in [1.165, 1.54) is 11.8 Å². The van der Waals surface area contributed by atoms with Crippen LogP contribution in [0.15, 0.2) is 15.7 Å². The minimum atomic E-state index is 0.152. The maximum Gasteiger partial charge on any atom is 0.223 e. The van der Waals surface area contributed by atoms with Crippen molar-refractivity contribution in [1.82, 2.24) is 9.97 Å². The third-order valence-corrected chi connectivity index (χ3v) is 3.39. The molecule has 1 heterocycles. The van der Waals surface area contributed by atoms with Crippen molar-refractivity contribution >= 4 is 33.6 Å². The lowest BCUT2D eigenvalue weighted by molar-refractivity contribution is 0.322. The molecule has 1 rings (SSSR count). The van der Waals surface area contributed by atoms with Crippen LogP contribution in [0.25, 0.3) is 0 Å². The quantitative estimate of drug-likeness (QED) is 0.621. The SMILES string of the molecule is CCCNc1ncc(Br)c(SCCO)n1. The van der Waals surface area contributed by atoms with Gasteiger partial charge in [0.1, 0.15) is 5.03 Å². The highest BCUT2D eigenvalue weighted by atomic mass is 79.9. The highest BCUT2D eigenvalue weighted by Gasteiger charge is 2.04. The van der Waals surface area contributed by atoms with E-state index < -0.39 is 0 Å². The van der Waals surface area contributed by atoms with E-state index in [9.17, 15) is 0 Å². The molecule has 0 aliphatic heterocycles. The average Bonchev–Trinajstić information content (AvgIpc) is 2.26. The topological polar surface area (TPSA) is 58.0 Å². The Morgan fingerprint density at radius 2 is 2.40 bits per heavy atom. The summed E-state index contributed by atoms with van der Waals surface area (Å²) in [5.74, 6) is 1.28. The van der Waals surface area contributed by atoms with E-state index in [2.05, 4.69) is 38.1 Å². The van der Waals surface area contributed by atoms with Gasteiger partial charge in [-0.2, -0.15) is 0 Å². The van der Waals surface area contributed by atoms with Gasteiger partial charge >= 0.3 is 0 Å². The lowest BCUT2D eigenvalue weighted by Gasteiger charge is -2.06. The first kappa shape index (κ1) is 12.7. The molecule has 4 nitrogen and oxygen atoms in total. The van der Waals surface area contributed by atoms with E-state index in [4.69, 9.17) is 5.11 Å². The van der Waals surface area contributed by atoms with Gasteiger partial charge in [-0.25, -0.2) is 9.97 Å². The molecule has 0 aliphatic rings. The predicted molar refractivity (Wildman–Crippen MR) is 66.3 cm³/mol. The number of aromatic nitrogens is 2. The van der Waals surface area contributed by atoms with Gasteiger partial charge in [-0.1, -0.05) is 6.92 Å². The van der Waals surface area contributed by atoms with E-state index in [1.807, 2.05) is 0 Å². The number of nitrogens with one attached hydrogen (secondary N) is 1. The summed E-state index contributed by atoms with van der Waals surface area (Å²) in [5, 5.41) is 12.7. The Kier molecular flexibility index (Phi) is 5.97. The minimum absolute atomic E-state index is 0.152. The van der Waals surface area contributed by atoms with Gasteiger partial charge < -0.3 is 10.4 Å². The number of hydrogen-bond acceptors (Lipinski definition) is 5. The molecular formula is C9H14BrN3OS. The first-order valence-electron chi connectivity index (χ1n) is 4.78. The summed E-state index contributed by atoms with van der Waals surface area (Å²) in [6.45, 7) is 3.11. The minimum Gasteiger partial charge on any atom is -0.396 e. The van der Waals surface area contributed by atoms with Crippen molar-refractivity contribution in [2.75, 3.05) is 24.2 Å². The summed E-state index contributed by atoms with van der Waals surface area (Å²) in [5.41, 5.74) is 0. The number of aliphatic hydroxyl groups excluding tert-OH is 1. The Labute approximate surface area is 102 Å². The van der Waals surface area contributed by atoms with Gasteiger partial charge in [-0.15, -0.1) is 11.8 Å². The zero-order chi connectivity index (χ0) is 11.1. The molecule has 2 N–H and O–H groups in total.